The van der Waals surface area contributed by atoms with Gasteiger partial charge in [-0.1, -0.05) is 6.92 Å². The molecule has 2 atom stereocenters. The fourth-order valence-electron chi connectivity index (χ4n) is 3.71. The Balaban J connectivity index is 1.50. The zero-order chi connectivity index (χ0) is 17.2. The molecule has 0 spiro atoms. The summed E-state index contributed by atoms with van der Waals surface area (Å²) in [5.74, 6) is -0.216. The maximum atomic E-state index is 12.6. The second-order valence-electron chi connectivity index (χ2n) is 7.12. The number of carbonyl (C=O) groups excluding carboxylic acids is 1. The van der Waals surface area contributed by atoms with Crippen LogP contribution in [0.3, 0.4) is 0 Å². The maximum absolute atomic E-state index is 12.6. The summed E-state index contributed by atoms with van der Waals surface area (Å²) in [5, 5.41) is 7.30. The molecule has 0 saturated carbocycles. The predicted molar refractivity (Wildman–Crippen MR) is 89.4 cm³/mol. The number of nitrogens with zero attached hydrogens (tertiary/aromatic N) is 3. The molecule has 0 unspecified atom stereocenters. The minimum absolute atomic E-state index is 0.00612. The Morgan fingerprint density at radius 2 is 2.25 bits per heavy atom. The van der Waals surface area contributed by atoms with Gasteiger partial charge in [0.05, 0.1) is 25.5 Å². The van der Waals surface area contributed by atoms with E-state index < -0.39 is 5.79 Å². The van der Waals surface area contributed by atoms with Crippen LogP contribution in [0.15, 0.2) is 12.4 Å². The first kappa shape index (κ1) is 17.2. The van der Waals surface area contributed by atoms with Crippen LogP contribution in [-0.4, -0.2) is 52.8 Å². The van der Waals surface area contributed by atoms with Crippen LogP contribution in [0.2, 0.25) is 0 Å². The van der Waals surface area contributed by atoms with Crippen LogP contribution in [0, 0.1) is 5.92 Å². The second-order valence-corrected chi connectivity index (χ2v) is 7.12. The molecule has 1 aromatic rings. The molecular weight excluding hydrogens is 308 g/mol. The molecule has 2 fully saturated rings. The van der Waals surface area contributed by atoms with Gasteiger partial charge in [-0.05, 0) is 25.7 Å². The Morgan fingerprint density at radius 1 is 1.50 bits per heavy atom. The number of aryl methyl sites for hydroxylation is 1. The van der Waals surface area contributed by atoms with E-state index >= 15 is 0 Å². The van der Waals surface area contributed by atoms with Crippen LogP contribution in [-0.2, 0) is 16.5 Å². The molecular formula is C17H28N4O3. The van der Waals surface area contributed by atoms with E-state index in [0.717, 1.165) is 31.4 Å². The number of ether oxygens (including phenoxy) is 2. The van der Waals surface area contributed by atoms with Gasteiger partial charge in [0.1, 0.15) is 0 Å². The van der Waals surface area contributed by atoms with Gasteiger partial charge in [0.15, 0.2) is 5.79 Å². The molecule has 0 aliphatic carbocycles. The van der Waals surface area contributed by atoms with E-state index in [9.17, 15) is 4.79 Å². The van der Waals surface area contributed by atoms with Crippen molar-refractivity contribution in [3.63, 3.8) is 0 Å². The monoisotopic (exact) mass is 336 g/mol. The zero-order valence-electron chi connectivity index (χ0n) is 14.8. The Morgan fingerprint density at radius 3 is 2.92 bits per heavy atom. The SMILES string of the molecule is C[C@@H](CNC(=O)N1CCC[C@H]1c1cnn(C)c1)CC1(C)OCCO1. The molecule has 3 heterocycles. The van der Waals surface area contributed by atoms with Gasteiger partial charge in [-0.3, -0.25) is 4.68 Å². The van der Waals surface area contributed by atoms with Crippen molar-refractivity contribution in [1.29, 1.82) is 0 Å². The van der Waals surface area contributed by atoms with E-state index in [2.05, 4.69) is 17.3 Å². The maximum Gasteiger partial charge on any atom is 0.317 e. The molecule has 7 heteroatoms. The van der Waals surface area contributed by atoms with Crippen LogP contribution < -0.4 is 5.32 Å². The molecule has 0 aromatic carbocycles. The van der Waals surface area contributed by atoms with Gasteiger partial charge in [-0.15, -0.1) is 0 Å². The highest BCUT2D eigenvalue weighted by molar-refractivity contribution is 5.75. The summed E-state index contributed by atoms with van der Waals surface area (Å²) in [7, 11) is 1.90. The van der Waals surface area contributed by atoms with Crippen LogP contribution in [0.25, 0.3) is 0 Å². The second kappa shape index (κ2) is 7.11. The Kier molecular flexibility index (Phi) is 5.10. The molecule has 0 radical (unpaired) electrons. The topological polar surface area (TPSA) is 68.6 Å². The first-order valence-electron chi connectivity index (χ1n) is 8.78. The van der Waals surface area contributed by atoms with Crippen molar-refractivity contribution in [2.75, 3.05) is 26.3 Å². The summed E-state index contributed by atoms with van der Waals surface area (Å²) in [4.78, 5) is 14.5. The summed E-state index contributed by atoms with van der Waals surface area (Å²) in [6.45, 7) is 6.80. The highest BCUT2D eigenvalue weighted by atomic mass is 16.7. The van der Waals surface area contributed by atoms with Crippen molar-refractivity contribution in [2.24, 2.45) is 13.0 Å². The summed E-state index contributed by atoms with van der Waals surface area (Å²) >= 11 is 0. The highest BCUT2D eigenvalue weighted by Crippen LogP contribution is 2.31. The minimum Gasteiger partial charge on any atom is -0.348 e. The molecule has 134 valence electrons. The van der Waals surface area contributed by atoms with E-state index in [1.165, 1.54) is 0 Å². The van der Waals surface area contributed by atoms with Gasteiger partial charge in [0, 0.05) is 38.3 Å². The lowest BCUT2D eigenvalue weighted by atomic mass is 10.0. The third-order valence-electron chi connectivity index (χ3n) is 4.84. The number of carbonyl (C=O) groups is 1. The molecule has 2 amide bonds. The van der Waals surface area contributed by atoms with Crippen molar-refractivity contribution in [1.82, 2.24) is 20.0 Å². The fourth-order valence-corrected chi connectivity index (χ4v) is 3.71. The summed E-state index contributed by atoms with van der Waals surface area (Å²) in [5.41, 5.74) is 1.11. The first-order valence-corrected chi connectivity index (χ1v) is 8.78. The number of hydrogen-bond acceptors (Lipinski definition) is 4. The van der Waals surface area contributed by atoms with Crippen molar-refractivity contribution in [2.45, 2.75) is 44.9 Å². The highest BCUT2D eigenvalue weighted by Gasteiger charge is 2.34. The van der Waals surface area contributed by atoms with Crippen molar-refractivity contribution in [3.8, 4) is 0 Å². The standard InChI is InChI=1S/C17H28N4O3/c1-13(9-17(2)23-7-8-24-17)10-18-16(22)21-6-4-5-15(21)14-11-19-20(3)12-14/h11-13,15H,4-10H2,1-3H3,(H,18,22)/t13-,15+/m1/s1. The van der Waals surface area contributed by atoms with E-state index in [-0.39, 0.29) is 18.0 Å². The lowest BCUT2D eigenvalue weighted by Gasteiger charge is -2.28. The van der Waals surface area contributed by atoms with Crippen molar-refractivity contribution in [3.05, 3.63) is 18.0 Å². The molecule has 2 aliphatic heterocycles. The predicted octanol–water partition coefficient (Wildman–Crippen LogP) is 2.06. The van der Waals surface area contributed by atoms with Crippen LogP contribution >= 0.6 is 0 Å². The van der Waals surface area contributed by atoms with E-state index in [1.807, 2.05) is 31.3 Å². The molecule has 0 bridgehead atoms. The number of aromatic nitrogens is 2. The number of amides is 2. The Hall–Kier alpha value is -1.60. The zero-order valence-corrected chi connectivity index (χ0v) is 14.8. The molecule has 1 aromatic heterocycles. The smallest absolute Gasteiger partial charge is 0.317 e. The third kappa shape index (κ3) is 3.89. The number of likely N-dealkylation sites (tertiary alicyclic amines) is 1. The summed E-state index contributed by atoms with van der Waals surface area (Å²) in [6, 6.07) is 0.139. The molecule has 3 rings (SSSR count). The Bertz CT molecular complexity index is 568. The molecule has 2 aliphatic rings. The summed E-state index contributed by atoms with van der Waals surface area (Å²) < 4.78 is 13.1. The van der Waals surface area contributed by atoms with Gasteiger partial charge in [-0.25, -0.2) is 4.79 Å². The van der Waals surface area contributed by atoms with Gasteiger partial charge in [0.25, 0.3) is 0 Å². The number of nitrogens with one attached hydrogen (secondary N) is 1. The van der Waals surface area contributed by atoms with Crippen molar-refractivity contribution >= 4 is 6.03 Å². The minimum atomic E-state index is -0.504. The lowest BCUT2D eigenvalue weighted by molar-refractivity contribution is -0.153. The van der Waals surface area contributed by atoms with E-state index in [4.69, 9.17) is 9.47 Å². The average molecular weight is 336 g/mol. The molecule has 7 nitrogen and oxygen atoms in total. The van der Waals surface area contributed by atoms with Crippen LogP contribution in [0.5, 0.6) is 0 Å². The van der Waals surface area contributed by atoms with Crippen LogP contribution in [0.4, 0.5) is 4.79 Å². The third-order valence-corrected chi connectivity index (χ3v) is 4.84. The van der Waals surface area contributed by atoms with E-state index in [0.29, 0.717) is 19.8 Å². The first-order chi connectivity index (χ1) is 11.5. The van der Waals surface area contributed by atoms with Gasteiger partial charge in [-0.2, -0.15) is 5.10 Å². The largest absolute Gasteiger partial charge is 0.348 e. The van der Waals surface area contributed by atoms with Gasteiger partial charge >= 0.3 is 6.03 Å². The quantitative estimate of drug-likeness (QED) is 0.893. The van der Waals surface area contributed by atoms with Gasteiger partial charge in [0.2, 0.25) is 0 Å². The number of urea groups is 1. The molecule has 2 saturated heterocycles. The molecule has 24 heavy (non-hydrogen) atoms. The number of rotatable bonds is 5. The van der Waals surface area contributed by atoms with E-state index in [1.54, 1.807) is 4.68 Å². The molecule has 1 N–H and O–H groups in total. The van der Waals surface area contributed by atoms with Gasteiger partial charge < -0.3 is 19.7 Å². The summed E-state index contributed by atoms with van der Waals surface area (Å²) in [6.07, 6.45) is 6.65. The van der Waals surface area contributed by atoms with Crippen LogP contribution in [0.1, 0.15) is 44.7 Å². The Labute approximate surface area is 143 Å². The average Bonchev–Trinajstić information content (AvgIpc) is 3.25. The number of hydrogen-bond donors (Lipinski definition) is 1. The fraction of sp³-hybridized carbons (Fsp3) is 0.765. The lowest BCUT2D eigenvalue weighted by Crippen LogP contribution is -2.42. The normalized spacial score (nSPS) is 24.3. The van der Waals surface area contributed by atoms with Crippen molar-refractivity contribution < 1.29 is 14.3 Å².